The van der Waals surface area contributed by atoms with E-state index in [2.05, 4.69) is 5.32 Å². The van der Waals surface area contributed by atoms with E-state index >= 15 is 0 Å². The summed E-state index contributed by atoms with van der Waals surface area (Å²) in [6, 6.07) is 5.16. The molecule has 120 valence electrons. The summed E-state index contributed by atoms with van der Waals surface area (Å²) in [5.74, 6) is -0.782. The van der Waals surface area contributed by atoms with E-state index in [-0.39, 0.29) is 17.4 Å². The number of nitrogens with one attached hydrogen (secondary N) is 1. The number of fused-ring (bicyclic) bond motifs is 1. The number of aromatic nitrogens is 1. The van der Waals surface area contributed by atoms with E-state index in [0.29, 0.717) is 29.1 Å². The summed E-state index contributed by atoms with van der Waals surface area (Å²) >= 11 is 1.04. The minimum absolute atomic E-state index is 0.0330. The smallest absolute Gasteiger partial charge is 0.323 e. The Hall–Kier alpha value is -2.61. The second-order valence-electron chi connectivity index (χ2n) is 5.02. The van der Waals surface area contributed by atoms with Gasteiger partial charge in [-0.1, -0.05) is 18.3 Å². The highest BCUT2D eigenvalue weighted by molar-refractivity contribution is 7.09. The zero-order valence-corrected chi connectivity index (χ0v) is 13.1. The topological polar surface area (TPSA) is 97.6 Å². The highest BCUT2D eigenvalue weighted by Gasteiger charge is 2.21. The number of nitrogens with zero attached hydrogens (tertiary/aromatic N) is 1. The van der Waals surface area contributed by atoms with Crippen molar-refractivity contribution in [2.45, 2.75) is 19.9 Å². The summed E-state index contributed by atoms with van der Waals surface area (Å²) in [5, 5.41) is 11.7. The second-order valence-corrected chi connectivity index (χ2v) is 6.07. The first-order chi connectivity index (χ1) is 11.0. The molecule has 0 saturated heterocycles. The van der Waals surface area contributed by atoms with Gasteiger partial charge in [-0.05, 0) is 24.6 Å². The predicted octanol–water partition coefficient (Wildman–Crippen LogP) is 1.55. The number of hydrogen-bond donors (Lipinski definition) is 2. The molecule has 0 unspecified atom stereocenters. The fourth-order valence-corrected chi connectivity index (χ4v) is 3.46. The molecule has 7 nitrogen and oxygen atoms in total. The van der Waals surface area contributed by atoms with Crippen molar-refractivity contribution in [1.29, 1.82) is 0 Å². The van der Waals surface area contributed by atoms with Crippen LogP contribution in [0.2, 0.25) is 0 Å². The summed E-state index contributed by atoms with van der Waals surface area (Å²) in [4.78, 5) is 35.1. The Bertz CT molecular complexity index is 852. The molecule has 0 aliphatic carbocycles. The number of ether oxygens (including phenoxy) is 1. The molecule has 2 N–H and O–H groups in total. The third kappa shape index (κ3) is 2.85. The molecule has 8 heteroatoms. The average molecular weight is 334 g/mol. The molecule has 0 bridgehead atoms. The Morgan fingerprint density at radius 1 is 1.43 bits per heavy atom. The maximum Gasteiger partial charge on any atom is 0.323 e. The lowest BCUT2D eigenvalue weighted by Crippen LogP contribution is -2.25. The third-order valence-corrected chi connectivity index (χ3v) is 4.59. The van der Waals surface area contributed by atoms with Gasteiger partial charge in [-0.25, -0.2) is 0 Å². The van der Waals surface area contributed by atoms with Crippen LogP contribution in [-0.2, 0) is 22.6 Å². The van der Waals surface area contributed by atoms with Gasteiger partial charge in [0.15, 0.2) is 6.61 Å². The lowest BCUT2D eigenvalue weighted by Gasteiger charge is -2.19. The Kier molecular flexibility index (Phi) is 3.91. The number of anilines is 1. The van der Waals surface area contributed by atoms with Crippen LogP contribution in [-0.4, -0.2) is 28.2 Å². The van der Waals surface area contributed by atoms with Crippen molar-refractivity contribution >= 4 is 28.9 Å². The number of hydrogen-bond acceptors (Lipinski definition) is 5. The van der Waals surface area contributed by atoms with Crippen LogP contribution in [0.4, 0.5) is 5.69 Å². The zero-order valence-electron chi connectivity index (χ0n) is 12.3. The van der Waals surface area contributed by atoms with Crippen molar-refractivity contribution in [3.05, 3.63) is 32.7 Å². The number of carboxylic acid groups (broad SMARTS) is 1. The minimum Gasteiger partial charge on any atom is -0.482 e. The van der Waals surface area contributed by atoms with Crippen molar-refractivity contribution < 1.29 is 19.4 Å². The first kappa shape index (κ1) is 15.3. The Balaban J connectivity index is 2.14. The number of thiazole rings is 1. The number of rotatable bonds is 4. The van der Waals surface area contributed by atoms with Crippen molar-refractivity contribution in [2.24, 2.45) is 0 Å². The number of carboxylic acids is 1. The molecule has 0 fully saturated rings. The van der Waals surface area contributed by atoms with E-state index in [1.807, 2.05) is 6.92 Å². The van der Waals surface area contributed by atoms with Crippen molar-refractivity contribution in [2.75, 3.05) is 11.9 Å². The number of carbonyl (C=O) groups excluding carboxylic acids is 1. The molecule has 23 heavy (non-hydrogen) atoms. The Morgan fingerprint density at radius 3 is 2.91 bits per heavy atom. The van der Waals surface area contributed by atoms with Gasteiger partial charge in [0, 0.05) is 10.4 Å². The fourth-order valence-electron chi connectivity index (χ4n) is 2.52. The summed E-state index contributed by atoms with van der Waals surface area (Å²) in [7, 11) is 0. The highest BCUT2D eigenvalue weighted by atomic mass is 32.1. The van der Waals surface area contributed by atoms with Gasteiger partial charge in [0.25, 0.3) is 5.91 Å². The summed E-state index contributed by atoms with van der Waals surface area (Å²) in [6.07, 6.45) is 0.613. The van der Waals surface area contributed by atoms with E-state index in [1.54, 1.807) is 18.2 Å². The van der Waals surface area contributed by atoms with Gasteiger partial charge in [-0.15, -0.1) is 0 Å². The Labute approximate surface area is 135 Å². The normalized spacial score (nSPS) is 13.2. The maximum atomic E-state index is 12.1. The Morgan fingerprint density at radius 2 is 2.22 bits per heavy atom. The summed E-state index contributed by atoms with van der Waals surface area (Å²) in [6.45, 7) is 1.47. The lowest BCUT2D eigenvalue weighted by atomic mass is 10.1. The van der Waals surface area contributed by atoms with Crippen LogP contribution in [0.5, 0.6) is 5.75 Å². The fraction of sp³-hybridized carbons (Fsp3) is 0.267. The van der Waals surface area contributed by atoms with E-state index in [1.165, 1.54) is 4.57 Å². The molecule has 0 radical (unpaired) electrons. The van der Waals surface area contributed by atoms with Crippen molar-refractivity contribution in [3.8, 4) is 17.0 Å². The van der Waals surface area contributed by atoms with Crippen LogP contribution < -0.4 is 14.9 Å². The van der Waals surface area contributed by atoms with Gasteiger partial charge >= 0.3 is 10.8 Å². The standard InChI is InChI=1S/C15H14N2O5S/c1-2-11-14(17(6-13(19)20)15(21)23-11)8-3-4-10-9(5-8)16-12(18)7-22-10/h3-5H,2,6-7H2,1H3,(H,16,18)(H,19,20). The molecule has 1 aliphatic heterocycles. The van der Waals surface area contributed by atoms with Crippen LogP contribution in [0.15, 0.2) is 23.0 Å². The van der Waals surface area contributed by atoms with Gasteiger partial charge in [-0.3, -0.25) is 19.0 Å². The van der Waals surface area contributed by atoms with Gasteiger partial charge in [0.2, 0.25) is 0 Å². The number of benzene rings is 1. The van der Waals surface area contributed by atoms with E-state index in [4.69, 9.17) is 9.84 Å². The molecule has 3 rings (SSSR count). The van der Waals surface area contributed by atoms with E-state index in [9.17, 15) is 14.4 Å². The van der Waals surface area contributed by atoms with E-state index < -0.39 is 12.5 Å². The van der Waals surface area contributed by atoms with Gasteiger partial charge in [0.1, 0.15) is 12.3 Å². The van der Waals surface area contributed by atoms with E-state index in [0.717, 1.165) is 16.2 Å². The average Bonchev–Trinajstić information content (AvgIpc) is 2.82. The van der Waals surface area contributed by atoms with Gasteiger partial charge in [0.05, 0.1) is 11.4 Å². The number of aliphatic carboxylic acids is 1. The molecule has 0 spiro atoms. The summed E-state index contributed by atoms with van der Waals surface area (Å²) in [5.41, 5.74) is 1.76. The highest BCUT2D eigenvalue weighted by Crippen LogP contribution is 2.34. The van der Waals surface area contributed by atoms with Crippen molar-refractivity contribution in [1.82, 2.24) is 4.57 Å². The molecule has 1 amide bonds. The van der Waals surface area contributed by atoms with Crippen LogP contribution >= 0.6 is 11.3 Å². The SMILES string of the molecule is CCc1sc(=O)n(CC(=O)O)c1-c1ccc2c(c1)NC(=O)CO2. The minimum atomic E-state index is -1.08. The van der Waals surface area contributed by atoms with Crippen LogP contribution in [0.1, 0.15) is 11.8 Å². The molecule has 0 atom stereocenters. The van der Waals surface area contributed by atoms with Gasteiger partial charge < -0.3 is 15.2 Å². The molecule has 0 saturated carbocycles. The molecule has 1 aliphatic rings. The monoisotopic (exact) mass is 334 g/mol. The predicted molar refractivity (Wildman–Crippen MR) is 85.2 cm³/mol. The summed E-state index contributed by atoms with van der Waals surface area (Å²) < 4.78 is 6.56. The molecule has 2 heterocycles. The number of carbonyl (C=O) groups is 2. The zero-order chi connectivity index (χ0) is 16.6. The molecular formula is C15H14N2O5S. The van der Waals surface area contributed by atoms with Crippen LogP contribution in [0, 0.1) is 0 Å². The first-order valence-corrected chi connectivity index (χ1v) is 7.82. The molecule has 1 aromatic carbocycles. The van der Waals surface area contributed by atoms with Gasteiger partial charge in [-0.2, -0.15) is 0 Å². The van der Waals surface area contributed by atoms with Crippen molar-refractivity contribution in [3.63, 3.8) is 0 Å². The second kappa shape index (κ2) is 5.88. The molecular weight excluding hydrogens is 320 g/mol. The molecule has 2 aromatic rings. The third-order valence-electron chi connectivity index (χ3n) is 3.47. The van der Waals surface area contributed by atoms with Crippen LogP contribution in [0.25, 0.3) is 11.3 Å². The first-order valence-electron chi connectivity index (χ1n) is 7.01. The molecule has 1 aromatic heterocycles. The largest absolute Gasteiger partial charge is 0.482 e. The van der Waals surface area contributed by atoms with Crippen LogP contribution in [0.3, 0.4) is 0 Å². The number of aryl methyl sites for hydroxylation is 1. The quantitative estimate of drug-likeness (QED) is 0.884. The number of amides is 1. The lowest BCUT2D eigenvalue weighted by molar-refractivity contribution is -0.137. The maximum absolute atomic E-state index is 12.1.